The summed E-state index contributed by atoms with van der Waals surface area (Å²) in [6.07, 6.45) is 0. The molecular formula is C24H17BrN2O2S. The molecule has 6 heteroatoms. The van der Waals surface area contributed by atoms with E-state index in [2.05, 4.69) is 32.6 Å². The van der Waals surface area contributed by atoms with E-state index in [1.54, 1.807) is 24.3 Å². The lowest BCUT2D eigenvalue weighted by atomic mass is 10.1. The van der Waals surface area contributed by atoms with E-state index in [4.69, 9.17) is 17.0 Å². The maximum atomic E-state index is 12.4. The van der Waals surface area contributed by atoms with Crippen molar-refractivity contribution in [1.82, 2.24) is 0 Å². The summed E-state index contributed by atoms with van der Waals surface area (Å²) in [6.45, 7) is 0. The first kappa shape index (κ1) is 20.1. The molecule has 0 saturated carbocycles. The highest BCUT2D eigenvalue weighted by molar-refractivity contribution is 9.10. The second-order valence-electron chi connectivity index (χ2n) is 6.57. The van der Waals surface area contributed by atoms with Crippen molar-refractivity contribution in [2.75, 3.05) is 10.6 Å². The molecule has 0 bridgehead atoms. The summed E-state index contributed by atoms with van der Waals surface area (Å²) in [6, 6.07) is 28.3. The molecule has 0 heterocycles. The molecule has 4 rings (SSSR count). The van der Waals surface area contributed by atoms with Gasteiger partial charge in [-0.25, -0.2) is 0 Å². The number of anilines is 2. The third-order valence-corrected chi connectivity index (χ3v) is 5.08. The summed E-state index contributed by atoms with van der Waals surface area (Å²) in [5.41, 5.74) is 2.09. The van der Waals surface area contributed by atoms with Crippen LogP contribution in [-0.2, 0) is 0 Å². The number of ether oxygens (including phenoxy) is 1. The van der Waals surface area contributed by atoms with E-state index in [1.165, 1.54) is 0 Å². The number of thiocarbonyl (C=S) groups is 1. The number of carbonyl (C=O) groups is 1. The standard InChI is InChI=1S/C24H17BrN2O2S/c25-19-6-3-7-20(15-19)26-23(28)17-9-12-22(13-10-17)29-24(30)27-21-11-8-16-4-1-2-5-18(16)14-21/h1-15H,(H,26,28)(H,27,30). The van der Waals surface area contributed by atoms with Gasteiger partial charge in [0.05, 0.1) is 0 Å². The summed E-state index contributed by atoms with van der Waals surface area (Å²) in [5.74, 6) is 0.351. The minimum absolute atomic E-state index is 0.198. The number of hydrogen-bond acceptors (Lipinski definition) is 3. The first-order valence-electron chi connectivity index (χ1n) is 9.21. The minimum Gasteiger partial charge on any atom is -0.432 e. The molecule has 0 fully saturated rings. The quantitative estimate of drug-likeness (QED) is 0.324. The largest absolute Gasteiger partial charge is 0.432 e. The van der Waals surface area contributed by atoms with Crippen LogP contribution >= 0.6 is 28.1 Å². The van der Waals surface area contributed by atoms with Crippen LogP contribution in [0.5, 0.6) is 5.75 Å². The Hall–Kier alpha value is -3.22. The van der Waals surface area contributed by atoms with E-state index < -0.39 is 0 Å². The topological polar surface area (TPSA) is 50.4 Å². The average Bonchev–Trinajstić information content (AvgIpc) is 2.74. The van der Waals surface area contributed by atoms with Gasteiger partial charge in [0.1, 0.15) is 5.75 Å². The highest BCUT2D eigenvalue weighted by Gasteiger charge is 2.08. The molecule has 0 aromatic heterocycles. The Morgan fingerprint density at radius 1 is 0.767 bits per heavy atom. The number of carbonyl (C=O) groups excluding carboxylic acids is 1. The lowest BCUT2D eigenvalue weighted by Crippen LogP contribution is -2.16. The van der Waals surface area contributed by atoms with Gasteiger partial charge in [-0.15, -0.1) is 0 Å². The van der Waals surface area contributed by atoms with E-state index in [0.29, 0.717) is 11.3 Å². The molecule has 148 valence electrons. The van der Waals surface area contributed by atoms with Crippen molar-refractivity contribution < 1.29 is 9.53 Å². The predicted octanol–water partition coefficient (Wildman–Crippen LogP) is 6.63. The fourth-order valence-corrected chi connectivity index (χ4v) is 3.57. The third-order valence-electron chi connectivity index (χ3n) is 4.41. The van der Waals surface area contributed by atoms with E-state index in [1.807, 2.05) is 60.7 Å². The van der Waals surface area contributed by atoms with Gasteiger partial charge in [0.2, 0.25) is 0 Å². The predicted molar refractivity (Wildman–Crippen MR) is 129 cm³/mol. The summed E-state index contributed by atoms with van der Waals surface area (Å²) in [5, 5.41) is 8.45. The van der Waals surface area contributed by atoms with E-state index in [-0.39, 0.29) is 11.1 Å². The summed E-state index contributed by atoms with van der Waals surface area (Å²) < 4.78 is 6.58. The number of rotatable bonds is 4. The molecule has 0 spiro atoms. The summed E-state index contributed by atoms with van der Waals surface area (Å²) >= 11 is 8.70. The van der Waals surface area contributed by atoms with E-state index in [0.717, 1.165) is 26.6 Å². The molecule has 0 aliphatic rings. The van der Waals surface area contributed by atoms with Crippen LogP contribution in [0.2, 0.25) is 0 Å². The molecule has 0 radical (unpaired) electrons. The van der Waals surface area contributed by atoms with Gasteiger partial charge in [-0.2, -0.15) is 0 Å². The molecule has 0 unspecified atom stereocenters. The molecule has 0 saturated heterocycles. The highest BCUT2D eigenvalue weighted by Crippen LogP contribution is 2.20. The molecule has 2 N–H and O–H groups in total. The van der Waals surface area contributed by atoms with Crippen molar-refractivity contribution in [3.05, 3.63) is 101 Å². The normalized spacial score (nSPS) is 10.4. The van der Waals surface area contributed by atoms with Crippen LogP contribution in [0.4, 0.5) is 11.4 Å². The zero-order valence-corrected chi connectivity index (χ0v) is 18.2. The Labute approximate surface area is 188 Å². The van der Waals surface area contributed by atoms with Crippen molar-refractivity contribution in [1.29, 1.82) is 0 Å². The summed E-state index contributed by atoms with van der Waals surface area (Å²) in [7, 11) is 0. The fraction of sp³-hybridized carbons (Fsp3) is 0. The number of nitrogens with one attached hydrogen (secondary N) is 2. The van der Waals surface area contributed by atoms with Gasteiger partial charge in [0.25, 0.3) is 11.1 Å². The van der Waals surface area contributed by atoms with Gasteiger partial charge in [-0.05, 0) is 77.6 Å². The lowest BCUT2D eigenvalue weighted by molar-refractivity contribution is 0.102. The monoisotopic (exact) mass is 476 g/mol. The Bertz CT molecular complexity index is 1230. The van der Waals surface area contributed by atoms with E-state index >= 15 is 0 Å². The van der Waals surface area contributed by atoms with Gasteiger partial charge >= 0.3 is 0 Å². The van der Waals surface area contributed by atoms with Gasteiger partial charge in [-0.3, -0.25) is 4.79 Å². The first-order chi connectivity index (χ1) is 14.6. The molecule has 0 atom stereocenters. The van der Waals surface area contributed by atoms with Crippen LogP contribution in [0.3, 0.4) is 0 Å². The molecule has 30 heavy (non-hydrogen) atoms. The maximum Gasteiger partial charge on any atom is 0.266 e. The van der Waals surface area contributed by atoms with Gasteiger partial charge < -0.3 is 15.4 Å². The second-order valence-corrected chi connectivity index (χ2v) is 7.85. The smallest absolute Gasteiger partial charge is 0.266 e. The zero-order valence-electron chi connectivity index (χ0n) is 15.8. The van der Waals surface area contributed by atoms with Crippen LogP contribution in [0.25, 0.3) is 10.8 Å². The van der Waals surface area contributed by atoms with Crippen molar-refractivity contribution in [2.45, 2.75) is 0 Å². The van der Waals surface area contributed by atoms with Crippen LogP contribution < -0.4 is 15.4 Å². The van der Waals surface area contributed by atoms with Crippen molar-refractivity contribution in [3.8, 4) is 5.75 Å². The lowest BCUT2D eigenvalue weighted by Gasteiger charge is -2.11. The number of benzene rings is 4. The van der Waals surface area contributed by atoms with Gasteiger partial charge in [0, 0.05) is 21.4 Å². The molecular weight excluding hydrogens is 460 g/mol. The Morgan fingerprint density at radius 2 is 1.50 bits per heavy atom. The van der Waals surface area contributed by atoms with Crippen molar-refractivity contribution >= 4 is 61.4 Å². The average molecular weight is 477 g/mol. The maximum absolute atomic E-state index is 12.4. The number of amides is 1. The Balaban J connectivity index is 1.37. The van der Waals surface area contributed by atoms with Crippen molar-refractivity contribution in [3.63, 3.8) is 0 Å². The van der Waals surface area contributed by atoms with Crippen LogP contribution in [0.15, 0.2) is 95.5 Å². The molecule has 0 aliphatic carbocycles. The summed E-state index contributed by atoms with van der Waals surface area (Å²) in [4.78, 5) is 12.4. The van der Waals surface area contributed by atoms with Crippen LogP contribution in [-0.4, -0.2) is 11.1 Å². The molecule has 4 nitrogen and oxygen atoms in total. The van der Waals surface area contributed by atoms with Crippen molar-refractivity contribution in [2.24, 2.45) is 0 Å². The zero-order chi connectivity index (χ0) is 20.9. The number of halogens is 1. The van der Waals surface area contributed by atoms with Crippen LogP contribution in [0.1, 0.15) is 10.4 Å². The van der Waals surface area contributed by atoms with Gasteiger partial charge in [-0.1, -0.05) is 52.3 Å². The molecule has 1 amide bonds. The third kappa shape index (κ3) is 5.03. The number of hydrogen-bond donors (Lipinski definition) is 2. The van der Waals surface area contributed by atoms with Gasteiger partial charge in [0.15, 0.2) is 0 Å². The van der Waals surface area contributed by atoms with Crippen LogP contribution in [0, 0.1) is 0 Å². The molecule has 4 aromatic carbocycles. The number of fused-ring (bicyclic) bond motifs is 1. The fourth-order valence-electron chi connectivity index (χ4n) is 2.96. The van der Waals surface area contributed by atoms with E-state index in [9.17, 15) is 4.79 Å². The Kier molecular flexibility index (Phi) is 6.07. The second kappa shape index (κ2) is 9.07. The Morgan fingerprint density at radius 3 is 2.27 bits per heavy atom. The minimum atomic E-state index is -0.198. The first-order valence-corrected chi connectivity index (χ1v) is 10.4. The SMILES string of the molecule is O=C(Nc1cccc(Br)c1)c1ccc(OC(=S)Nc2ccc3ccccc3c2)cc1. The highest BCUT2D eigenvalue weighted by atomic mass is 79.9. The molecule has 0 aliphatic heterocycles. The molecule has 4 aromatic rings.